The van der Waals surface area contributed by atoms with Gasteiger partial charge in [0.15, 0.2) is 0 Å². The summed E-state index contributed by atoms with van der Waals surface area (Å²) < 4.78 is 18.8. The molecule has 2 aromatic carbocycles. The lowest BCUT2D eigenvalue weighted by molar-refractivity contribution is 0.369. The summed E-state index contributed by atoms with van der Waals surface area (Å²) in [6.07, 6.45) is 4.24. The third-order valence-corrected chi connectivity index (χ3v) is 6.06. The summed E-state index contributed by atoms with van der Waals surface area (Å²) in [5, 5.41) is 2.32. The minimum absolute atomic E-state index is 0.443. The molecule has 126 valence electrons. The summed E-state index contributed by atoms with van der Waals surface area (Å²) in [5.74, 6) is 0.498. The van der Waals surface area contributed by atoms with Crippen LogP contribution in [0.1, 0.15) is 25.0 Å². The highest BCUT2D eigenvalue weighted by Crippen LogP contribution is 2.57. The largest absolute Gasteiger partial charge is 0.420 e. The van der Waals surface area contributed by atoms with Crippen LogP contribution in [0.5, 0.6) is 0 Å². The zero-order valence-electron chi connectivity index (χ0n) is 14.2. The zero-order valence-corrected chi connectivity index (χ0v) is 15.1. The topological polar surface area (TPSA) is 46.5 Å². The molecule has 3 nitrogen and oxygen atoms in total. The second-order valence-corrected chi connectivity index (χ2v) is 8.40. The van der Waals surface area contributed by atoms with E-state index >= 15 is 0 Å². The lowest BCUT2D eigenvalue weighted by atomic mass is 10.1. The van der Waals surface area contributed by atoms with Gasteiger partial charge in [-0.1, -0.05) is 54.1 Å². The van der Waals surface area contributed by atoms with Crippen LogP contribution in [0.3, 0.4) is 0 Å². The summed E-state index contributed by atoms with van der Waals surface area (Å²) in [6, 6.07) is 15.6. The lowest BCUT2D eigenvalue weighted by Gasteiger charge is -2.17. The first kappa shape index (κ1) is 16.1. The van der Waals surface area contributed by atoms with Crippen LogP contribution in [0.4, 0.5) is 0 Å². The van der Waals surface area contributed by atoms with Crippen LogP contribution < -0.4 is 10.4 Å². The average Bonchev–Trinajstić information content (AvgIpc) is 3.17. The second-order valence-electron chi connectivity index (χ2n) is 6.60. The molecule has 0 aromatic heterocycles. The summed E-state index contributed by atoms with van der Waals surface area (Å²) in [7, 11) is -3.93. The van der Waals surface area contributed by atoms with Gasteiger partial charge in [-0.2, -0.15) is 0 Å². The number of fused-ring (bicyclic) bond motifs is 2. The van der Waals surface area contributed by atoms with Gasteiger partial charge >= 0.3 is 7.60 Å². The van der Waals surface area contributed by atoms with Crippen LogP contribution in [0.2, 0.25) is 0 Å². The number of benzene rings is 2. The Morgan fingerprint density at radius 3 is 2.52 bits per heavy atom. The first-order valence-corrected chi connectivity index (χ1v) is 9.84. The standard InChI is InChI=1S/C21H19O3P/c1-14(2)20-13-17-9-5-6-10-19(17)21(20)24-25(22,23)18-11-15-7-3-4-8-16(15)12-18/h3-11,13H,12H2,1-2H3,(H,22,23). The lowest BCUT2D eigenvalue weighted by Crippen LogP contribution is -2.22. The number of rotatable bonds is 3. The van der Waals surface area contributed by atoms with E-state index in [0.717, 1.165) is 32.7 Å². The van der Waals surface area contributed by atoms with E-state index in [4.69, 9.17) is 4.52 Å². The SMILES string of the molecule is CC(C)=C1C=c2ccccc2=C1OP(=O)(O)C1=Cc2ccccc2C1. The Morgan fingerprint density at radius 1 is 1.04 bits per heavy atom. The third-order valence-electron chi connectivity index (χ3n) is 4.62. The molecule has 2 aromatic rings. The fraction of sp³-hybridized carbons (Fsp3) is 0.143. The predicted octanol–water partition coefficient (Wildman–Crippen LogP) is 3.72. The molecular weight excluding hydrogens is 331 g/mol. The van der Waals surface area contributed by atoms with Crippen molar-refractivity contribution < 1.29 is 14.0 Å². The molecule has 2 aliphatic carbocycles. The molecule has 4 heteroatoms. The number of hydrogen-bond donors (Lipinski definition) is 1. The van der Waals surface area contributed by atoms with Gasteiger partial charge in [-0.25, -0.2) is 4.57 Å². The smallest absolute Gasteiger partial charge is 0.404 e. The molecule has 0 bridgehead atoms. The normalized spacial score (nSPS) is 17.3. The third kappa shape index (κ3) is 2.80. The Hall–Kier alpha value is -2.35. The Kier molecular flexibility index (Phi) is 3.79. The van der Waals surface area contributed by atoms with Gasteiger partial charge in [-0.05, 0) is 42.3 Å². The van der Waals surface area contributed by atoms with E-state index in [2.05, 4.69) is 0 Å². The molecule has 0 fully saturated rings. The molecule has 0 aliphatic heterocycles. The van der Waals surface area contributed by atoms with E-state index in [9.17, 15) is 9.46 Å². The van der Waals surface area contributed by atoms with Crippen LogP contribution in [0, 0.1) is 0 Å². The van der Waals surface area contributed by atoms with Crippen LogP contribution in [-0.4, -0.2) is 4.89 Å². The fourth-order valence-corrected chi connectivity index (χ4v) is 4.52. The maximum Gasteiger partial charge on any atom is 0.404 e. The number of allylic oxidation sites excluding steroid dienone is 2. The molecule has 1 atom stereocenters. The van der Waals surface area contributed by atoms with Crippen LogP contribution in [0.15, 0.2) is 65.0 Å². The molecule has 2 aliphatic rings. The maximum absolute atomic E-state index is 13.0. The van der Waals surface area contributed by atoms with Crippen molar-refractivity contribution in [2.75, 3.05) is 0 Å². The minimum atomic E-state index is -3.93. The first-order chi connectivity index (χ1) is 12.0. The van der Waals surface area contributed by atoms with Crippen molar-refractivity contribution in [2.45, 2.75) is 20.3 Å². The van der Waals surface area contributed by atoms with E-state index in [1.807, 2.05) is 68.5 Å². The summed E-state index contributed by atoms with van der Waals surface area (Å²) in [6.45, 7) is 3.96. The maximum atomic E-state index is 13.0. The molecule has 0 heterocycles. The van der Waals surface area contributed by atoms with Gasteiger partial charge < -0.3 is 9.42 Å². The van der Waals surface area contributed by atoms with Crippen molar-refractivity contribution in [2.24, 2.45) is 0 Å². The Bertz CT molecular complexity index is 1100. The van der Waals surface area contributed by atoms with Crippen molar-refractivity contribution in [3.05, 3.63) is 86.6 Å². The van der Waals surface area contributed by atoms with Crippen molar-refractivity contribution >= 4 is 25.5 Å². The highest BCUT2D eigenvalue weighted by Gasteiger charge is 2.33. The summed E-state index contributed by atoms with van der Waals surface area (Å²) in [4.78, 5) is 10.7. The summed E-state index contributed by atoms with van der Waals surface area (Å²) >= 11 is 0. The van der Waals surface area contributed by atoms with Gasteiger partial charge in [-0.3, -0.25) is 0 Å². The monoisotopic (exact) mass is 350 g/mol. The zero-order chi connectivity index (χ0) is 17.6. The van der Waals surface area contributed by atoms with E-state index in [0.29, 0.717) is 17.5 Å². The van der Waals surface area contributed by atoms with Crippen LogP contribution >= 0.6 is 7.60 Å². The Balaban J connectivity index is 1.77. The molecule has 4 rings (SSSR count). The van der Waals surface area contributed by atoms with Crippen molar-refractivity contribution in [3.8, 4) is 0 Å². The van der Waals surface area contributed by atoms with Gasteiger partial charge in [0.25, 0.3) is 0 Å². The predicted molar refractivity (Wildman–Crippen MR) is 101 cm³/mol. The Morgan fingerprint density at radius 2 is 1.76 bits per heavy atom. The van der Waals surface area contributed by atoms with Gasteiger partial charge in [0.05, 0.1) is 5.31 Å². The molecule has 0 saturated heterocycles. The highest BCUT2D eigenvalue weighted by atomic mass is 31.2. The summed E-state index contributed by atoms with van der Waals surface area (Å²) in [5.41, 5.74) is 3.98. The van der Waals surface area contributed by atoms with Crippen molar-refractivity contribution in [1.29, 1.82) is 0 Å². The second kappa shape index (κ2) is 5.87. The Labute approximate surface area is 146 Å². The first-order valence-electron chi connectivity index (χ1n) is 8.26. The quantitative estimate of drug-likeness (QED) is 0.858. The van der Waals surface area contributed by atoms with Gasteiger partial charge in [0.1, 0.15) is 5.76 Å². The van der Waals surface area contributed by atoms with Gasteiger partial charge in [0, 0.05) is 17.2 Å². The van der Waals surface area contributed by atoms with E-state index in [1.54, 1.807) is 6.08 Å². The average molecular weight is 350 g/mol. The molecule has 0 spiro atoms. The van der Waals surface area contributed by atoms with Crippen LogP contribution in [0.25, 0.3) is 17.9 Å². The van der Waals surface area contributed by atoms with Gasteiger partial charge in [-0.15, -0.1) is 0 Å². The van der Waals surface area contributed by atoms with Crippen molar-refractivity contribution in [3.63, 3.8) is 0 Å². The minimum Gasteiger partial charge on any atom is -0.420 e. The highest BCUT2D eigenvalue weighted by molar-refractivity contribution is 7.58. The molecule has 0 saturated carbocycles. The molecule has 1 N–H and O–H groups in total. The molecule has 0 amide bonds. The molecule has 25 heavy (non-hydrogen) atoms. The molecule has 1 unspecified atom stereocenters. The van der Waals surface area contributed by atoms with Gasteiger partial charge in [0.2, 0.25) is 0 Å². The fourth-order valence-electron chi connectivity index (χ4n) is 3.29. The molecule has 0 radical (unpaired) electrons. The van der Waals surface area contributed by atoms with E-state index < -0.39 is 7.60 Å². The molecular formula is C21H19O3P. The van der Waals surface area contributed by atoms with E-state index in [-0.39, 0.29) is 0 Å². The number of hydrogen-bond acceptors (Lipinski definition) is 2. The van der Waals surface area contributed by atoms with Crippen molar-refractivity contribution in [1.82, 2.24) is 0 Å². The van der Waals surface area contributed by atoms with E-state index in [1.165, 1.54) is 0 Å². The van der Waals surface area contributed by atoms with Crippen LogP contribution in [-0.2, 0) is 15.5 Å².